The van der Waals surface area contributed by atoms with E-state index in [0.717, 1.165) is 28.0 Å². The van der Waals surface area contributed by atoms with Crippen LogP contribution < -0.4 is 15.0 Å². The highest BCUT2D eigenvalue weighted by Crippen LogP contribution is 2.35. The van der Waals surface area contributed by atoms with Crippen LogP contribution in [0.4, 0.5) is 23.5 Å². The van der Waals surface area contributed by atoms with Crippen molar-refractivity contribution in [1.82, 2.24) is 20.1 Å². The van der Waals surface area contributed by atoms with Crippen molar-refractivity contribution in [3.8, 4) is 5.75 Å². The number of alkyl halides is 2. The molecule has 1 N–H and O–H groups in total. The molecule has 1 fully saturated rings. The van der Waals surface area contributed by atoms with Gasteiger partial charge in [0.2, 0.25) is 0 Å². The molecule has 2 aromatic carbocycles. The van der Waals surface area contributed by atoms with Gasteiger partial charge in [-0.2, -0.15) is 0 Å². The van der Waals surface area contributed by atoms with E-state index in [2.05, 4.69) is 15.4 Å². The largest absolute Gasteiger partial charge is 0.497 e. The average Bonchev–Trinajstić information content (AvgIpc) is 3.38. The molecule has 1 aromatic heterocycles. The van der Waals surface area contributed by atoms with Crippen molar-refractivity contribution in [2.24, 2.45) is 0 Å². The predicted octanol–water partition coefficient (Wildman–Crippen LogP) is 3.41. The van der Waals surface area contributed by atoms with Crippen molar-refractivity contribution in [2.45, 2.75) is 24.9 Å². The summed E-state index contributed by atoms with van der Waals surface area (Å²) in [5.41, 5.74) is -0.288. The van der Waals surface area contributed by atoms with Crippen LogP contribution in [0.1, 0.15) is 21.8 Å². The molecule has 0 bridgehead atoms. The zero-order valence-corrected chi connectivity index (χ0v) is 18.8. The van der Waals surface area contributed by atoms with Crippen LogP contribution in [0.3, 0.4) is 0 Å². The number of rotatable bonds is 7. The van der Waals surface area contributed by atoms with Gasteiger partial charge in [-0.05, 0) is 24.3 Å². The molecule has 2 amide bonds. The minimum absolute atomic E-state index is 0.0703. The van der Waals surface area contributed by atoms with Gasteiger partial charge in [0, 0.05) is 40.7 Å². The molecular formula is C22H18ClF4N5O3. The first-order chi connectivity index (χ1) is 16.7. The maximum atomic E-state index is 14.9. The lowest BCUT2D eigenvalue weighted by atomic mass is 9.92. The number of anilines is 1. The van der Waals surface area contributed by atoms with Crippen LogP contribution in [0.25, 0.3) is 0 Å². The van der Waals surface area contributed by atoms with E-state index in [9.17, 15) is 27.2 Å². The van der Waals surface area contributed by atoms with Gasteiger partial charge >= 0.3 is 0 Å². The summed E-state index contributed by atoms with van der Waals surface area (Å²) in [6.07, 6.45) is -1.70. The summed E-state index contributed by atoms with van der Waals surface area (Å²) < 4.78 is 61.0. The third kappa shape index (κ3) is 5.06. The third-order valence-electron chi connectivity index (χ3n) is 5.46. The highest BCUT2D eigenvalue weighted by Gasteiger charge is 2.46. The van der Waals surface area contributed by atoms with E-state index in [1.165, 1.54) is 31.4 Å². The van der Waals surface area contributed by atoms with Crippen LogP contribution in [0.15, 0.2) is 42.7 Å². The van der Waals surface area contributed by atoms with Gasteiger partial charge in [0.05, 0.1) is 7.11 Å². The van der Waals surface area contributed by atoms with Crippen LogP contribution in [-0.4, -0.2) is 52.7 Å². The smallest absolute Gasteiger partial charge is 0.257 e. The Morgan fingerprint density at radius 3 is 2.49 bits per heavy atom. The Labute approximate surface area is 201 Å². The van der Waals surface area contributed by atoms with Crippen molar-refractivity contribution in [2.75, 3.05) is 18.6 Å². The van der Waals surface area contributed by atoms with Gasteiger partial charge in [0.15, 0.2) is 0 Å². The van der Waals surface area contributed by atoms with Gasteiger partial charge in [0.1, 0.15) is 36.3 Å². The number of methoxy groups -OCH3 is 1. The predicted molar refractivity (Wildman–Crippen MR) is 117 cm³/mol. The van der Waals surface area contributed by atoms with E-state index in [1.54, 1.807) is 0 Å². The first kappa shape index (κ1) is 24.5. The number of hydrogen-bond donors (Lipinski definition) is 1. The zero-order chi connectivity index (χ0) is 25.3. The zero-order valence-electron chi connectivity index (χ0n) is 18.1. The summed E-state index contributed by atoms with van der Waals surface area (Å²) in [5.74, 6) is -4.91. The minimum Gasteiger partial charge on any atom is -0.497 e. The van der Waals surface area contributed by atoms with Crippen LogP contribution in [0.5, 0.6) is 5.75 Å². The second kappa shape index (κ2) is 9.90. The number of nitrogens with zero attached hydrogens (tertiary/aromatic N) is 4. The molecule has 0 unspecified atom stereocenters. The van der Waals surface area contributed by atoms with Crippen LogP contribution >= 0.6 is 11.6 Å². The molecule has 2 atom stereocenters. The summed E-state index contributed by atoms with van der Waals surface area (Å²) in [6, 6.07) is 6.30. The molecule has 35 heavy (non-hydrogen) atoms. The average molecular weight is 512 g/mol. The highest BCUT2D eigenvalue weighted by atomic mass is 35.5. The Hall–Kier alpha value is -3.67. The van der Waals surface area contributed by atoms with E-state index >= 15 is 0 Å². The second-order valence-electron chi connectivity index (χ2n) is 7.68. The fourth-order valence-corrected chi connectivity index (χ4v) is 3.96. The van der Waals surface area contributed by atoms with Gasteiger partial charge < -0.3 is 10.1 Å². The molecule has 184 valence electrons. The molecule has 13 heteroatoms. The Balaban J connectivity index is 1.70. The lowest BCUT2D eigenvalue weighted by molar-refractivity contribution is -0.118. The minimum atomic E-state index is -2.71. The number of ether oxygens (including phenoxy) is 1. The first-order valence-corrected chi connectivity index (χ1v) is 10.6. The van der Waals surface area contributed by atoms with Crippen LogP contribution in [-0.2, 0) is 11.3 Å². The van der Waals surface area contributed by atoms with Crippen molar-refractivity contribution in [3.05, 3.63) is 70.5 Å². The summed E-state index contributed by atoms with van der Waals surface area (Å²) in [4.78, 5) is 31.0. The maximum Gasteiger partial charge on any atom is 0.257 e. The number of aromatic nitrogens is 3. The molecule has 3 aromatic rings. The van der Waals surface area contributed by atoms with E-state index in [-0.39, 0.29) is 23.8 Å². The molecule has 8 nitrogen and oxygen atoms in total. The normalized spacial score (nSPS) is 17.8. The lowest BCUT2D eigenvalue weighted by Crippen LogP contribution is -2.44. The van der Waals surface area contributed by atoms with Crippen molar-refractivity contribution < 1.29 is 31.9 Å². The molecule has 0 radical (unpaired) electrons. The molecule has 1 aliphatic heterocycles. The Bertz CT molecular complexity index is 1230. The number of halogens is 5. The van der Waals surface area contributed by atoms with Gasteiger partial charge in [-0.1, -0.05) is 11.6 Å². The van der Waals surface area contributed by atoms with Crippen molar-refractivity contribution >= 4 is 29.4 Å². The quantitative estimate of drug-likeness (QED) is 0.491. The van der Waals surface area contributed by atoms with Gasteiger partial charge in [-0.25, -0.2) is 27.2 Å². The maximum absolute atomic E-state index is 14.9. The summed E-state index contributed by atoms with van der Waals surface area (Å²) >= 11 is 5.84. The Morgan fingerprint density at radius 2 is 1.89 bits per heavy atom. The van der Waals surface area contributed by atoms with E-state index in [4.69, 9.17) is 16.3 Å². The molecule has 0 spiro atoms. The number of carbonyl (C=O) groups excluding carboxylic acids is 2. The number of benzene rings is 2. The fourth-order valence-electron chi connectivity index (χ4n) is 3.83. The first-order valence-electron chi connectivity index (χ1n) is 10.3. The van der Waals surface area contributed by atoms with Crippen LogP contribution in [0, 0.1) is 11.6 Å². The molecule has 0 aliphatic carbocycles. The van der Waals surface area contributed by atoms with E-state index in [1.807, 2.05) is 0 Å². The van der Waals surface area contributed by atoms with Gasteiger partial charge in [-0.3, -0.25) is 14.5 Å². The number of nitrogens with one attached hydrogen (secondary N) is 1. The monoisotopic (exact) mass is 511 g/mol. The number of carbonyl (C=O) groups is 2. The van der Waals surface area contributed by atoms with E-state index < -0.39 is 53.9 Å². The summed E-state index contributed by atoms with van der Waals surface area (Å²) in [5, 5.41) is 6.76. The lowest BCUT2D eigenvalue weighted by Gasteiger charge is -2.20. The van der Waals surface area contributed by atoms with E-state index in [0.29, 0.717) is 5.02 Å². The standard InChI is InChI=1S/C22H18ClF4N5O3/c1-35-13-6-15(24)18(16(25)7-13)14-8-32(22-28-10-31(30-22)9-17(26)27)21(34)19(14)29-20(33)11-2-4-12(23)5-3-11/h2-7,10,14,17,19H,8-9H2,1H3,(H,29,33)/t14-,19-/m0/s1. The molecule has 2 heterocycles. The summed E-state index contributed by atoms with van der Waals surface area (Å²) in [7, 11) is 1.24. The van der Waals surface area contributed by atoms with Crippen molar-refractivity contribution in [3.63, 3.8) is 0 Å². The SMILES string of the molecule is COc1cc(F)c([C@@H]2CN(c3ncn(CC(F)F)n3)C(=O)[C@H]2NC(=O)c2ccc(Cl)cc2)c(F)c1. The topological polar surface area (TPSA) is 89.3 Å². The van der Waals surface area contributed by atoms with Gasteiger partial charge in [-0.15, -0.1) is 5.10 Å². The molecule has 4 rings (SSSR count). The van der Waals surface area contributed by atoms with Crippen LogP contribution in [0.2, 0.25) is 5.02 Å². The number of amides is 2. The highest BCUT2D eigenvalue weighted by molar-refractivity contribution is 6.30. The Morgan fingerprint density at radius 1 is 1.23 bits per heavy atom. The summed E-state index contributed by atoms with van der Waals surface area (Å²) in [6.45, 7) is -1.07. The third-order valence-corrected chi connectivity index (χ3v) is 5.71. The molecule has 1 aliphatic rings. The number of hydrogen-bond acceptors (Lipinski definition) is 5. The van der Waals surface area contributed by atoms with Crippen molar-refractivity contribution in [1.29, 1.82) is 0 Å². The van der Waals surface area contributed by atoms with Gasteiger partial charge in [0.25, 0.3) is 24.2 Å². The molecule has 0 saturated carbocycles. The molecule has 1 saturated heterocycles. The fraction of sp³-hybridized carbons (Fsp3) is 0.273. The molecular weight excluding hydrogens is 494 g/mol. The second-order valence-corrected chi connectivity index (χ2v) is 8.11. The Kier molecular flexibility index (Phi) is 6.92.